The van der Waals surface area contributed by atoms with Gasteiger partial charge in [0.2, 0.25) is 11.8 Å². The van der Waals surface area contributed by atoms with Crippen molar-refractivity contribution in [3.63, 3.8) is 0 Å². The van der Waals surface area contributed by atoms with Crippen LogP contribution >= 0.6 is 0 Å². The summed E-state index contributed by atoms with van der Waals surface area (Å²) in [6.45, 7) is 2.81. The Labute approximate surface area is 157 Å². The van der Waals surface area contributed by atoms with Crippen LogP contribution < -0.4 is 19.5 Å². The topological polar surface area (TPSA) is 140 Å². The number of hydrogen-bond donors (Lipinski definition) is 3. The first-order chi connectivity index (χ1) is 12.8. The molecule has 11 nitrogen and oxygen atoms in total. The van der Waals surface area contributed by atoms with Crippen molar-refractivity contribution < 1.29 is 31.1 Å². The van der Waals surface area contributed by atoms with Crippen LogP contribution in [0.15, 0.2) is 6.07 Å². The van der Waals surface area contributed by atoms with Crippen molar-refractivity contribution in [2.24, 2.45) is 7.05 Å². The number of urea groups is 1. The van der Waals surface area contributed by atoms with Crippen LogP contribution in [0.25, 0.3) is 0 Å². The number of alkyl halides is 3. The minimum Gasteiger partial charge on any atom is -0.481 e. The van der Waals surface area contributed by atoms with Gasteiger partial charge in [0.1, 0.15) is 5.69 Å². The number of amides is 2. The highest BCUT2D eigenvalue weighted by atomic mass is 32.2. The molecule has 0 bridgehead atoms. The molecule has 154 valence electrons. The lowest BCUT2D eigenvalue weighted by atomic mass is 10.3. The number of aromatic nitrogens is 4. The van der Waals surface area contributed by atoms with Crippen LogP contribution in [0.5, 0.6) is 5.88 Å². The Balaban J connectivity index is 2.19. The third-order valence-corrected chi connectivity index (χ3v) is 4.26. The second-order valence-corrected chi connectivity index (χ2v) is 6.88. The first kappa shape index (κ1) is 21.2. The monoisotopic (exact) mass is 423 g/mol. The van der Waals surface area contributed by atoms with E-state index >= 15 is 0 Å². The summed E-state index contributed by atoms with van der Waals surface area (Å²) in [5.41, 5.74) is -1.93. The molecule has 2 aromatic rings. The number of methoxy groups -OCH3 is 1. The van der Waals surface area contributed by atoms with E-state index in [4.69, 9.17) is 4.74 Å². The van der Waals surface area contributed by atoms with E-state index in [1.165, 1.54) is 31.9 Å². The molecular weight excluding hydrogens is 407 g/mol. The number of halogens is 3. The maximum absolute atomic E-state index is 13.0. The van der Waals surface area contributed by atoms with Crippen LogP contribution in [0.1, 0.15) is 17.1 Å². The van der Waals surface area contributed by atoms with Gasteiger partial charge >= 0.3 is 22.4 Å². The summed E-state index contributed by atoms with van der Waals surface area (Å²) >= 11 is 0. The molecule has 0 saturated heterocycles. The SMILES string of the molecule is COc1cc(C)nc(NC(=O)NS(=O)(=O)Nc2c(C(F)(F)F)nn(C)c2C)n1. The number of hydrogen-bond acceptors (Lipinski definition) is 7. The number of anilines is 2. The molecule has 15 heteroatoms. The fourth-order valence-electron chi connectivity index (χ4n) is 2.04. The molecule has 0 aliphatic heterocycles. The summed E-state index contributed by atoms with van der Waals surface area (Å²) in [6.07, 6.45) is -4.90. The second kappa shape index (κ2) is 7.49. The highest BCUT2D eigenvalue weighted by Crippen LogP contribution is 2.35. The Morgan fingerprint density at radius 1 is 1.25 bits per heavy atom. The van der Waals surface area contributed by atoms with E-state index < -0.39 is 33.8 Å². The normalized spacial score (nSPS) is 11.8. The fourth-order valence-corrected chi connectivity index (χ4v) is 2.90. The number of nitrogens with one attached hydrogen (secondary N) is 3. The zero-order valence-electron chi connectivity index (χ0n) is 15.0. The largest absolute Gasteiger partial charge is 0.481 e. The van der Waals surface area contributed by atoms with Crippen LogP contribution in [0.2, 0.25) is 0 Å². The first-order valence-corrected chi connectivity index (χ1v) is 8.92. The van der Waals surface area contributed by atoms with E-state index in [1.54, 1.807) is 11.6 Å². The molecule has 2 heterocycles. The van der Waals surface area contributed by atoms with Gasteiger partial charge < -0.3 is 4.74 Å². The van der Waals surface area contributed by atoms with Gasteiger partial charge in [-0.25, -0.2) is 14.5 Å². The molecule has 0 radical (unpaired) electrons. The molecule has 0 aliphatic rings. The number of ether oxygens (including phenoxy) is 1. The molecule has 0 aliphatic carbocycles. The Hall–Kier alpha value is -3.10. The van der Waals surface area contributed by atoms with E-state index in [0.29, 0.717) is 5.69 Å². The molecular formula is C13H16F3N7O4S. The summed E-state index contributed by atoms with van der Waals surface area (Å²) in [4.78, 5) is 19.5. The molecule has 2 rings (SSSR count). The zero-order valence-corrected chi connectivity index (χ0v) is 15.9. The van der Waals surface area contributed by atoms with Gasteiger partial charge in [-0.05, 0) is 13.8 Å². The summed E-state index contributed by atoms with van der Waals surface area (Å²) in [5, 5.41) is 5.29. The van der Waals surface area contributed by atoms with Crippen molar-refractivity contribution in [2.75, 3.05) is 17.1 Å². The Morgan fingerprint density at radius 2 is 1.89 bits per heavy atom. The molecule has 0 aromatic carbocycles. The van der Waals surface area contributed by atoms with Gasteiger partial charge in [0.25, 0.3) is 0 Å². The van der Waals surface area contributed by atoms with Crippen molar-refractivity contribution >= 4 is 27.9 Å². The highest BCUT2D eigenvalue weighted by molar-refractivity contribution is 7.91. The molecule has 0 unspecified atom stereocenters. The van der Waals surface area contributed by atoms with Crippen molar-refractivity contribution in [2.45, 2.75) is 20.0 Å². The quantitative estimate of drug-likeness (QED) is 0.659. The molecule has 2 aromatic heterocycles. The van der Waals surface area contributed by atoms with Crippen molar-refractivity contribution in [3.8, 4) is 5.88 Å². The molecule has 0 saturated carbocycles. The van der Waals surface area contributed by atoms with E-state index in [0.717, 1.165) is 4.68 Å². The third kappa shape index (κ3) is 4.99. The predicted octanol–water partition coefficient (Wildman–Crippen LogP) is 1.33. The van der Waals surface area contributed by atoms with Gasteiger partial charge in [-0.3, -0.25) is 14.7 Å². The highest BCUT2D eigenvalue weighted by Gasteiger charge is 2.39. The summed E-state index contributed by atoms with van der Waals surface area (Å²) in [6, 6.07) is 0.167. The standard InChI is InChI=1S/C13H16F3N7O4S/c1-6-5-8(27-4)18-11(17-6)19-12(24)22-28(25,26)21-9-7(2)23(3)20-10(9)13(14,15)16/h5,21H,1-4H3,(H2,17,18,19,22,24). The summed E-state index contributed by atoms with van der Waals surface area (Å²) in [7, 11) is -2.18. The minimum absolute atomic E-state index is 0.107. The van der Waals surface area contributed by atoms with Crippen molar-refractivity contribution in [1.29, 1.82) is 0 Å². The van der Waals surface area contributed by atoms with Gasteiger partial charge in [-0.2, -0.15) is 31.7 Å². The van der Waals surface area contributed by atoms with Gasteiger partial charge in [-0.1, -0.05) is 0 Å². The Morgan fingerprint density at radius 3 is 2.46 bits per heavy atom. The predicted molar refractivity (Wildman–Crippen MR) is 91.0 cm³/mol. The zero-order chi connectivity index (χ0) is 21.3. The van der Waals surface area contributed by atoms with Gasteiger partial charge in [0, 0.05) is 18.8 Å². The van der Waals surface area contributed by atoms with Gasteiger partial charge in [0.15, 0.2) is 5.69 Å². The lowest BCUT2D eigenvalue weighted by Crippen LogP contribution is -2.39. The van der Waals surface area contributed by atoms with E-state index in [-0.39, 0.29) is 17.5 Å². The van der Waals surface area contributed by atoms with E-state index in [9.17, 15) is 26.4 Å². The van der Waals surface area contributed by atoms with E-state index in [2.05, 4.69) is 15.1 Å². The molecule has 3 N–H and O–H groups in total. The molecule has 28 heavy (non-hydrogen) atoms. The molecule has 0 fully saturated rings. The van der Waals surface area contributed by atoms with Gasteiger partial charge in [-0.15, -0.1) is 0 Å². The summed E-state index contributed by atoms with van der Waals surface area (Å²) < 4.78 is 72.2. The van der Waals surface area contributed by atoms with Crippen molar-refractivity contribution in [1.82, 2.24) is 24.5 Å². The number of carbonyl (C=O) groups is 1. The lowest BCUT2D eigenvalue weighted by molar-refractivity contribution is -0.140. The number of carbonyl (C=O) groups excluding carboxylic acids is 1. The number of nitrogens with zero attached hydrogens (tertiary/aromatic N) is 4. The number of aryl methyl sites for hydroxylation is 2. The van der Waals surface area contributed by atoms with Crippen LogP contribution in [0.3, 0.4) is 0 Å². The minimum atomic E-state index is -4.90. The van der Waals surface area contributed by atoms with Crippen LogP contribution in [0, 0.1) is 13.8 Å². The molecule has 0 atom stereocenters. The molecule has 2 amide bonds. The molecule has 0 spiro atoms. The average molecular weight is 423 g/mol. The van der Waals surface area contributed by atoms with Crippen LogP contribution in [0.4, 0.5) is 29.6 Å². The fraction of sp³-hybridized carbons (Fsp3) is 0.385. The summed E-state index contributed by atoms with van der Waals surface area (Å²) in [5.74, 6) is -0.150. The Kier molecular flexibility index (Phi) is 5.67. The van der Waals surface area contributed by atoms with Crippen LogP contribution in [-0.4, -0.2) is 41.3 Å². The van der Waals surface area contributed by atoms with Gasteiger partial charge in [0.05, 0.1) is 12.8 Å². The second-order valence-electron chi connectivity index (χ2n) is 5.47. The third-order valence-electron chi connectivity index (χ3n) is 3.33. The first-order valence-electron chi connectivity index (χ1n) is 7.44. The average Bonchev–Trinajstić information content (AvgIpc) is 2.81. The van der Waals surface area contributed by atoms with E-state index in [1.807, 2.05) is 5.32 Å². The van der Waals surface area contributed by atoms with Crippen LogP contribution in [-0.2, 0) is 23.4 Å². The maximum atomic E-state index is 13.0. The number of rotatable bonds is 5. The maximum Gasteiger partial charge on any atom is 0.437 e. The lowest BCUT2D eigenvalue weighted by Gasteiger charge is -2.12. The Bertz CT molecular complexity index is 1000. The van der Waals surface area contributed by atoms with Crippen molar-refractivity contribution in [3.05, 3.63) is 23.1 Å². The smallest absolute Gasteiger partial charge is 0.437 e.